The number of nitrogens with one attached hydrogen (secondary N) is 2. The van der Waals surface area contributed by atoms with E-state index in [1.807, 2.05) is 24.3 Å². The van der Waals surface area contributed by atoms with E-state index in [1.54, 1.807) is 38.4 Å². The number of benzene rings is 2. The number of amides is 1. The smallest absolute Gasteiger partial charge is 0.309 e. The van der Waals surface area contributed by atoms with E-state index < -0.39 is 0 Å². The second-order valence-corrected chi connectivity index (χ2v) is 6.67. The predicted octanol–water partition coefficient (Wildman–Crippen LogP) is 3.14. The zero-order chi connectivity index (χ0) is 20.6. The third-order valence-electron chi connectivity index (χ3n) is 4.56. The lowest BCUT2D eigenvalue weighted by atomic mass is 10.00. The molecule has 0 saturated carbocycles. The maximum Gasteiger partial charge on any atom is 0.309 e. The molecule has 1 unspecified atom stereocenters. The summed E-state index contributed by atoms with van der Waals surface area (Å²) in [5.74, 6) is 0.323. The molecule has 1 aliphatic rings. The molecular formula is C22H25N3O4. The highest BCUT2D eigenvalue weighted by Crippen LogP contribution is 2.31. The normalized spacial score (nSPS) is 15.3. The van der Waals surface area contributed by atoms with E-state index in [-0.39, 0.29) is 24.4 Å². The van der Waals surface area contributed by atoms with Gasteiger partial charge in [-0.1, -0.05) is 12.1 Å². The first-order valence-corrected chi connectivity index (χ1v) is 9.65. The molecule has 1 amide bonds. The van der Waals surface area contributed by atoms with E-state index in [0.717, 1.165) is 29.7 Å². The number of hydrogen-bond acceptors (Lipinski definition) is 6. The summed E-state index contributed by atoms with van der Waals surface area (Å²) in [6.07, 6.45) is 3.27. The molecule has 0 saturated heterocycles. The van der Waals surface area contributed by atoms with Crippen LogP contribution in [0.2, 0.25) is 0 Å². The van der Waals surface area contributed by atoms with Crippen molar-refractivity contribution < 1.29 is 19.1 Å². The second kappa shape index (κ2) is 9.73. The second-order valence-electron chi connectivity index (χ2n) is 6.67. The highest BCUT2D eigenvalue weighted by Gasteiger charge is 2.23. The van der Waals surface area contributed by atoms with Gasteiger partial charge in [0.2, 0.25) is 0 Å². The third-order valence-corrected chi connectivity index (χ3v) is 4.56. The highest BCUT2D eigenvalue weighted by atomic mass is 16.5. The van der Waals surface area contributed by atoms with Gasteiger partial charge < -0.3 is 20.2 Å². The predicted molar refractivity (Wildman–Crippen MR) is 111 cm³/mol. The molecule has 0 aromatic heterocycles. The molecule has 2 aromatic carbocycles. The molecule has 1 aliphatic heterocycles. The lowest BCUT2D eigenvalue weighted by Gasteiger charge is -2.26. The largest absolute Gasteiger partial charge is 0.490 e. The van der Waals surface area contributed by atoms with E-state index in [1.165, 1.54) is 0 Å². The van der Waals surface area contributed by atoms with Gasteiger partial charge in [0, 0.05) is 18.3 Å². The number of aryl methyl sites for hydroxylation is 1. The minimum atomic E-state index is -0.243. The van der Waals surface area contributed by atoms with Crippen LogP contribution in [0.5, 0.6) is 5.75 Å². The maximum absolute atomic E-state index is 12.5. The van der Waals surface area contributed by atoms with Gasteiger partial charge in [0.1, 0.15) is 11.9 Å². The zero-order valence-electron chi connectivity index (χ0n) is 16.6. The van der Waals surface area contributed by atoms with Gasteiger partial charge in [0.25, 0.3) is 5.91 Å². The molecule has 152 valence electrons. The van der Waals surface area contributed by atoms with Crippen LogP contribution in [-0.2, 0) is 16.0 Å². The molecule has 3 rings (SSSR count). The van der Waals surface area contributed by atoms with Crippen LogP contribution in [0.4, 0.5) is 5.69 Å². The summed E-state index contributed by atoms with van der Waals surface area (Å²) in [4.78, 5) is 24.1. The van der Waals surface area contributed by atoms with Gasteiger partial charge in [0.15, 0.2) is 0 Å². The molecule has 0 spiro atoms. The summed E-state index contributed by atoms with van der Waals surface area (Å²) >= 11 is 0. The van der Waals surface area contributed by atoms with E-state index in [9.17, 15) is 9.59 Å². The van der Waals surface area contributed by atoms with Crippen LogP contribution in [0.15, 0.2) is 47.6 Å². The van der Waals surface area contributed by atoms with Gasteiger partial charge in [-0.25, -0.2) is 0 Å². The van der Waals surface area contributed by atoms with E-state index in [0.29, 0.717) is 17.9 Å². The Balaban J connectivity index is 1.61. The Labute approximate surface area is 170 Å². The first kappa shape index (κ1) is 20.4. The Morgan fingerprint density at radius 2 is 2.03 bits per heavy atom. The third kappa shape index (κ3) is 5.57. The van der Waals surface area contributed by atoms with Gasteiger partial charge >= 0.3 is 5.97 Å². The summed E-state index contributed by atoms with van der Waals surface area (Å²) < 4.78 is 10.9. The van der Waals surface area contributed by atoms with Crippen LogP contribution >= 0.6 is 0 Å². The molecule has 2 aromatic rings. The zero-order valence-corrected chi connectivity index (χ0v) is 16.6. The Hall–Kier alpha value is -3.35. The first-order valence-electron chi connectivity index (χ1n) is 9.65. The van der Waals surface area contributed by atoms with Gasteiger partial charge in [-0.3, -0.25) is 9.59 Å². The topological polar surface area (TPSA) is 89.0 Å². The van der Waals surface area contributed by atoms with Crippen LogP contribution in [0.25, 0.3) is 0 Å². The van der Waals surface area contributed by atoms with Crippen LogP contribution < -0.4 is 15.5 Å². The van der Waals surface area contributed by atoms with Gasteiger partial charge in [-0.2, -0.15) is 5.10 Å². The molecule has 29 heavy (non-hydrogen) atoms. The van der Waals surface area contributed by atoms with E-state index >= 15 is 0 Å². The van der Waals surface area contributed by atoms with Crippen LogP contribution in [-0.4, -0.2) is 37.8 Å². The lowest BCUT2D eigenvalue weighted by molar-refractivity contribution is -0.145. The van der Waals surface area contributed by atoms with Crippen molar-refractivity contribution in [2.45, 2.75) is 32.3 Å². The Morgan fingerprint density at radius 1 is 1.24 bits per heavy atom. The van der Waals surface area contributed by atoms with Crippen molar-refractivity contribution in [2.75, 3.05) is 19.0 Å². The number of hydrazone groups is 1. The summed E-state index contributed by atoms with van der Waals surface area (Å²) in [7, 11) is 1.72. The quantitative estimate of drug-likeness (QED) is 0.427. The number of esters is 1. The SMILES string of the molecule is CCOC(=O)CC1CCc2cc(NC(=O)c3ccc(C=NNC)cc3)ccc2O1. The number of hydrogen-bond donors (Lipinski definition) is 2. The number of nitrogens with zero attached hydrogens (tertiary/aromatic N) is 1. The van der Waals surface area contributed by atoms with Crippen LogP contribution in [0, 0.1) is 0 Å². The Bertz CT molecular complexity index is 893. The number of ether oxygens (including phenoxy) is 2. The average Bonchev–Trinajstić information content (AvgIpc) is 2.73. The van der Waals surface area contributed by atoms with Gasteiger partial charge in [-0.15, -0.1) is 0 Å². The lowest BCUT2D eigenvalue weighted by Crippen LogP contribution is -2.26. The molecule has 2 N–H and O–H groups in total. The summed E-state index contributed by atoms with van der Waals surface area (Å²) in [5, 5.41) is 6.86. The number of carbonyl (C=O) groups is 2. The van der Waals surface area contributed by atoms with Crippen molar-refractivity contribution in [3.8, 4) is 5.75 Å². The van der Waals surface area contributed by atoms with Crippen molar-refractivity contribution in [2.24, 2.45) is 5.10 Å². The number of carbonyl (C=O) groups excluding carboxylic acids is 2. The Morgan fingerprint density at radius 3 is 2.76 bits per heavy atom. The molecule has 0 fully saturated rings. The molecule has 1 heterocycles. The van der Waals surface area contributed by atoms with Crippen molar-refractivity contribution in [3.63, 3.8) is 0 Å². The molecule has 1 atom stereocenters. The van der Waals surface area contributed by atoms with Gasteiger partial charge in [0.05, 0.1) is 19.2 Å². The van der Waals surface area contributed by atoms with E-state index in [4.69, 9.17) is 9.47 Å². The number of rotatable bonds is 7. The van der Waals surface area contributed by atoms with Crippen molar-refractivity contribution in [3.05, 3.63) is 59.2 Å². The number of anilines is 1. The average molecular weight is 395 g/mol. The molecule has 0 radical (unpaired) electrons. The minimum Gasteiger partial charge on any atom is -0.490 e. The van der Waals surface area contributed by atoms with Crippen LogP contribution in [0.3, 0.4) is 0 Å². The fraction of sp³-hybridized carbons (Fsp3) is 0.318. The van der Waals surface area contributed by atoms with E-state index in [2.05, 4.69) is 15.8 Å². The first-order chi connectivity index (χ1) is 14.1. The summed E-state index contributed by atoms with van der Waals surface area (Å²) in [6, 6.07) is 12.7. The van der Waals surface area contributed by atoms with Crippen molar-refractivity contribution in [1.29, 1.82) is 0 Å². The molecule has 0 bridgehead atoms. The molecule has 7 nitrogen and oxygen atoms in total. The van der Waals surface area contributed by atoms with Crippen LogP contribution in [0.1, 0.15) is 41.3 Å². The van der Waals surface area contributed by atoms with Crippen molar-refractivity contribution in [1.82, 2.24) is 5.43 Å². The molecule has 0 aliphatic carbocycles. The standard InChI is InChI=1S/C22H25N3O4/c1-3-28-21(26)13-19-10-8-17-12-18(9-11-20(17)29-19)25-22(27)16-6-4-15(5-7-16)14-24-23-2/h4-7,9,11-12,14,19,23H,3,8,10,13H2,1-2H3,(H,25,27). The minimum absolute atomic E-state index is 0.174. The van der Waals surface area contributed by atoms with Gasteiger partial charge in [-0.05, 0) is 61.2 Å². The fourth-order valence-corrected chi connectivity index (χ4v) is 3.13. The van der Waals surface area contributed by atoms with Crippen molar-refractivity contribution >= 4 is 23.8 Å². The Kier molecular flexibility index (Phi) is 6.84. The fourth-order valence-electron chi connectivity index (χ4n) is 3.13. The summed E-state index contributed by atoms with van der Waals surface area (Å²) in [5.41, 5.74) is 5.88. The highest BCUT2D eigenvalue weighted by molar-refractivity contribution is 6.04. The number of fused-ring (bicyclic) bond motifs is 1. The maximum atomic E-state index is 12.5. The molecular weight excluding hydrogens is 370 g/mol. The molecule has 7 heteroatoms. The summed E-state index contributed by atoms with van der Waals surface area (Å²) in [6.45, 7) is 2.16. The monoisotopic (exact) mass is 395 g/mol.